The number of thioether (sulfide) groups is 1. The molecule has 15 heavy (non-hydrogen) atoms. The summed E-state index contributed by atoms with van der Waals surface area (Å²) in [5.41, 5.74) is 13.9. The van der Waals surface area contributed by atoms with Gasteiger partial charge in [-0.05, 0) is 19.1 Å². The van der Waals surface area contributed by atoms with Gasteiger partial charge in [0.2, 0.25) is 0 Å². The normalized spacial score (nSPS) is 17.2. The standard InChI is InChI=1S/C10H16N4S/c1-6(11)4-9-13-8-5-15-3-2-7(8)10(12)14-9/h6H,2-5,11H2,1H3,(H2,12,13,14). The van der Waals surface area contributed by atoms with Crippen LogP contribution in [-0.2, 0) is 18.6 Å². The third-order valence-electron chi connectivity index (χ3n) is 2.41. The predicted molar refractivity (Wildman–Crippen MR) is 63.7 cm³/mol. The summed E-state index contributed by atoms with van der Waals surface area (Å²) >= 11 is 1.90. The van der Waals surface area contributed by atoms with E-state index in [-0.39, 0.29) is 6.04 Å². The van der Waals surface area contributed by atoms with Crippen molar-refractivity contribution in [2.75, 3.05) is 11.5 Å². The van der Waals surface area contributed by atoms with Crippen LogP contribution < -0.4 is 11.5 Å². The van der Waals surface area contributed by atoms with Crippen LogP contribution in [0, 0.1) is 0 Å². The highest BCUT2D eigenvalue weighted by atomic mass is 32.2. The maximum atomic E-state index is 5.92. The first kappa shape index (κ1) is 10.7. The SMILES string of the molecule is CC(N)Cc1nc(N)c2c(n1)CSCC2. The zero-order valence-corrected chi connectivity index (χ0v) is 9.68. The molecule has 0 aromatic carbocycles. The van der Waals surface area contributed by atoms with Gasteiger partial charge in [-0.3, -0.25) is 0 Å². The summed E-state index contributed by atoms with van der Waals surface area (Å²) in [7, 11) is 0. The second kappa shape index (κ2) is 4.37. The predicted octanol–water partition coefficient (Wildman–Crippen LogP) is 0.738. The molecule has 2 rings (SSSR count). The van der Waals surface area contributed by atoms with Gasteiger partial charge < -0.3 is 11.5 Å². The second-order valence-corrected chi connectivity index (χ2v) is 5.04. The monoisotopic (exact) mass is 224 g/mol. The van der Waals surface area contributed by atoms with Crippen LogP contribution in [-0.4, -0.2) is 21.8 Å². The molecule has 0 bridgehead atoms. The first-order chi connectivity index (χ1) is 7.16. The molecule has 0 radical (unpaired) electrons. The Morgan fingerprint density at radius 1 is 1.47 bits per heavy atom. The van der Waals surface area contributed by atoms with Crippen LogP contribution in [0.1, 0.15) is 24.0 Å². The molecule has 0 saturated heterocycles. The quantitative estimate of drug-likeness (QED) is 0.774. The first-order valence-corrected chi connectivity index (χ1v) is 6.29. The van der Waals surface area contributed by atoms with Crippen LogP contribution in [0.15, 0.2) is 0 Å². The first-order valence-electron chi connectivity index (χ1n) is 5.14. The van der Waals surface area contributed by atoms with E-state index in [1.807, 2.05) is 18.7 Å². The molecule has 2 heterocycles. The molecule has 1 atom stereocenters. The Balaban J connectivity index is 2.32. The minimum absolute atomic E-state index is 0.0821. The van der Waals surface area contributed by atoms with Crippen LogP contribution >= 0.6 is 11.8 Å². The van der Waals surface area contributed by atoms with Crippen LogP contribution in [0.5, 0.6) is 0 Å². The molecule has 1 aromatic heterocycles. The summed E-state index contributed by atoms with van der Waals surface area (Å²) in [5, 5.41) is 0. The number of hydrogen-bond acceptors (Lipinski definition) is 5. The molecule has 1 aliphatic rings. The summed E-state index contributed by atoms with van der Waals surface area (Å²) in [5.74, 6) is 3.50. The summed E-state index contributed by atoms with van der Waals surface area (Å²) in [4.78, 5) is 8.83. The Labute approximate surface area is 93.9 Å². The Hall–Kier alpha value is -0.810. The van der Waals surface area contributed by atoms with Gasteiger partial charge in [0, 0.05) is 23.8 Å². The molecule has 0 amide bonds. The van der Waals surface area contributed by atoms with Crippen molar-refractivity contribution in [1.29, 1.82) is 0 Å². The smallest absolute Gasteiger partial charge is 0.132 e. The molecule has 1 aliphatic heterocycles. The largest absolute Gasteiger partial charge is 0.383 e. The van der Waals surface area contributed by atoms with Gasteiger partial charge in [0.05, 0.1) is 5.69 Å². The molecule has 82 valence electrons. The minimum Gasteiger partial charge on any atom is -0.383 e. The summed E-state index contributed by atoms with van der Waals surface area (Å²) < 4.78 is 0. The Morgan fingerprint density at radius 2 is 2.27 bits per heavy atom. The van der Waals surface area contributed by atoms with E-state index in [0.717, 1.165) is 35.0 Å². The summed E-state index contributed by atoms with van der Waals surface area (Å²) in [6.45, 7) is 1.95. The number of rotatable bonds is 2. The maximum absolute atomic E-state index is 5.92. The van der Waals surface area contributed by atoms with Crippen LogP contribution in [0.3, 0.4) is 0 Å². The molecule has 0 spiro atoms. The molecule has 4 N–H and O–H groups in total. The molecule has 5 heteroatoms. The summed E-state index contributed by atoms with van der Waals surface area (Å²) in [6, 6.07) is 0.0821. The molecule has 1 unspecified atom stereocenters. The lowest BCUT2D eigenvalue weighted by molar-refractivity contribution is 0.696. The zero-order chi connectivity index (χ0) is 10.8. The Bertz CT molecular complexity index is 365. The van der Waals surface area contributed by atoms with Crippen LogP contribution in [0.4, 0.5) is 5.82 Å². The van der Waals surface area contributed by atoms with Crippen LogP contribution in [0.25, 0.3) is 0 Å². The number of nitrogens with two attached hydrogens (primary N) is 2. The number of nitrogen functional groups attached to an aromatic ring is 1. The van der Waals surface area contributed by atoms with Gasteiger partial charge in [0.25, 0.3) is 0 Å². The van der Waals surface area contributed by atoms with Crippen molar-refractivity contribution in [1.82, 2.24) is 9.97 Å². The fraction of sp³-hybridized carbons (Fsp3) is 0.600. The molecular formula is C10H16N4S. The second-order valence-electron chi connectivity index (χ2n) is 3.93. The number of hydrogen-bond donors (Lipinski definition) is 2. The van der Waals surface area contributed by atoms with Gasteiger partial charge in [-0.2, -0.15) is 11.8 Å². The van der Waals surface area contributed by atoms with E-state index in [4.69, 9.17) is 11.5 Å². The third-order valence-corrected chi connectivity index (χ3v) is 3.38. The van der Waals surface area contributed by atoms with E-state index in [1.54, 1.807) is 0 Å². The average Bonchev–Trinajstić information content (AvgIpc) is 2.16. The molecule has 1 aromatic rings. The Kier molecular flexibility index (Phi) is 3.11. The number of anilines is 1. The van der Waals surface area contributed by atoms with Crippen LogP contribution in [0.2, 0.25) is 0 Å². The lowest BCUT2D eigenvalue weighted by atomic mass is 10.1. The van der Waals surface area contributed by atoms with Gasteiger partial charge in [-0.1, -0.05) is 0 Å². The molecule has 4 nitrogen and oxygen atoms in total. The van der Waals surface area contributed by atoms with Crippen molar-refractivity contribution in [3.8, 4) is 0 Å². The Morgan fingerprint density at radius 3 is 3.00 bits per heavy atom. The third kappa shape index (κ3) is 2.41. The van der Waals surface area contributed by atoms with E-state index in [2.05, 4.69) is 9.97 Å². The zero-order valence-electron chi connectivity index (χ0n) is 8.86. The van der Waals surface area contributed by atoms with Crippen molar-refractivity contribution in [3.63, 3.8) is 0 Å². The fourth-order valence-corrected chi connectivity index (χ4v) is 2.64. The molecule has 0 fully saturated rings. The highest BCUT2D eigenvalue weighted by molar-refractivity contribution is 7.98. The maximum Gasteiger partial charge on any atom is 0.132 e. The van der Waals surface area contributed by atoms with Gasteiger partial charge in [0.15, 0.2) is 0 Å². The topological polar surface area (TPSA) is 77.8 Å². The molecular weight excluding hydrogens is 208 g/mol. The number of fused-ring (bicyclic) bond motifs is 1. The highest BCUT2D eigenvalue weighted by Gasteiger charge is 2.16. The molecule has 0 saturated carbocycles. The van der Waals surface area contributed by atoms with Crippen molar-refractivity contribution in [2.24, 2.45) is 5.73 Å². The molecule has 0 aliphatic carbocycles. The van der Waals surface area contributed by atoms with Gasteiger partial charge in [-0.15, -0.1) is 0 Å². The van der Waals surface area contributed by atoms with Gasteiger partial charge >= 0.3 is 0 Å². The fourth-order valence-electron chi connectivity index (χ4n) is 1.72. The van der Waals surface area contributed by atoms with E-state index in [1.165, 1.54) is 0 Å². The van der Waals surface area contributed by atoms with Crippen molar-refractivity contribution < 1.29 is 0 Å². The van der Waals surface area contributed by atoms with Crippen molar-refractivity contribution >= 4 is 17.6 Å². The summed E-state index contributed by atoms with van der Waals surface area (Å²) in [6.07, 6.45) is 1.69. The average molecular weight is 224 g/mol. The van der Waals surface area contributed by atoms with Gasteiger partial charge in [-0.25, -0.2) is 9.97 Å². The number of aromatic nitrogens is 2. The lowest BCUT2D eigenvalue weighted by Gasteiger charge is -2.17. The minimum atomic E-state index is 0.0821. The van der Waals surface area contributed by atoms with Crippen molar-refractivity contribution in [2.45, 2.75) is 31.6 Å². The van der Waals surface area contributed by atoms with E-state index in [9.17, 15) is 0 Å². The highest BCUT2D eigenvalue weighted by Crippen LogP contribution is 2.26. The van der Waals surface area contributed by atoms with E-state index in [0.29, 0.717) is 12.2 Å². The van der Waals surface area contributed by atoms with Gasteiger partial charge in [0.1, 0.15) is 11.6 Å². The number of nitrogens with zero attached hydrogens (tertiary/aromatic N) is 2. The van der Waals surface area contributed by atoms with Crippen molar-refractivity contribution in [3.05, 3.63) is 17.1 Å². The lowest BCUT2D eigenvalue weighted by Crippen LogP contribution is -2.21. The van der Waals surface area contributed by atoms with E-state index < -0.39 is 0 Å². The van der Waals surface area contributed by atoms with E-state index >= 15 is 0 Å².